The minimum Gasteiger partial charge on any atom is -0.301 e. The van der Waals surface area contributed by atoms with Gasteiger partial charge in [0.25, 0.3) is 0 Å². The van der Waals surface area contributed by atoms with Crippen molar-refractivity contribution in [1.29, 1.82) is 0 Å². The number of thiazole rings is 1. The first-order valence-electron chi connectivity index (χ1n) is 11.2. The molecular weight excluding hydrogens is 510 g/mol. The van der Waals surface area contributed by atoms with Gasteiger partial charge in [0.1, 0.15) is 0 Å². The average molecular weight is 532 g/mol. The highest BCUT2D eigenvalue weighted by atomic mass is 35.5. The van der Waals surface area contributed by atoms with Crippen molar-refractivity contribution in [2.45, 2.75) is 18.1 Å². The van der Waals surface area contributed by atoms with Gasteiger partial charge < -0.3 is 5.32 Å². The van der Waals surface area contributed by atoms with Crippen molar-refractivity contribution in [2.24, 2.45) is 0 Å². The summed E-state index contributed by atoms with van der Waals surface area (Å²) in [4.78, 5) is 18.1. The SMILES string of the molecule is C=CCn1c(SCC(=O)Nc2ncc(Cc3ccc(Cl)cc3)s2)nnc1-c1cccc2ccccc12. The van der Waals surface area contributed by atoms with Gasteiger partial charge in [0.15, 0.2) is 16.1 Å². The van der Waals surface area contributed by atoms with E-state index in [2.05, 4.69) is 45.3 Å². The van der Waals surface area contributed by atoms with Crippen LogP contribution in [0.2, 0.25) is 5.02 Å². The molecule has 1 amide bonds. The number of hydrogen-bond acceptors (Lipinski definition) is 6. The second kappa shape index (κ2) is 11.1. The zero-order valence-corrected chi connectivity index (χ0v) is 21.6. The van der Waals surface area contributed by atoms with Crippen LogP contribution in [0.5, 0.6) is 0 Å². The zero-order valence-electron chi connectivity index (χ0n) is 19.2. The van der Waals surface area contributed by atoms with Gasteiger partial charge in [-0.2, -0.15) is 0 Å². The van der Waals surface area contributed by atoms with E-state index < -0.39 is 0 Å². The Kier molecular flexibility index (Phi) is 7.46. The third-order valence-corrected chi connectivity index (χ3v) is 7.61. The van der Waals surface area contributed by atoms with Crippen LogP contribution in [0, 0.1) is 0 Å². The van der Waals surface area contributed by atoms with E-state index in [0.29, 0.717) is 21.9 Å². The lowest BCUT2D eigenvalue weighted by Crippen LogP contribution is -2.14. The maximum Gasteiger partial charge on any atom is 0.236 e. The second-order valence-corrected chi connectivity index (χ2v) is 10.5. The van der Waals surface area contributed by atoms with Crippen LogP contribution < -0.4 is 5.32 Å². The van der Waals surface area contributed by atoms with Crippen molar-refractivity contribution in [2.75, 3.05) is 11.1 Å². The number of amides is 1. The summed E-state index contributed by atoms with van der Waals surface area (Å²) in [5, 5.41) is 15.9. The van der Waals surface area contributed by atoms with E-state index in [4.69, 9.17) is 11.6 Å². The number of benzene rings is 3. The number of nitrogens with zero attached hydrogens (tertiary/aromatic N) is 4. The molecule has 36 heavy (non-hydrogen) atoms. The van der Waals surface area contributed by atoms with E-state index in [1.165, 1.54) is 23.1 Å². The molecule has 2 heterocycles. The number of rotatable bonds is 9. The molecule has 1 N–H and O–H groups in total. The zero-order chi connectivity index (χ0) is 24.9. The van der Waals surface area contributed by atoms with Crippen molar-refractivity contribution in [3.63, 3.8) is 0 Å². The predicted molar refractivity (Wildman–Crippen MR) is 149 cm³/mol. The number of carbonyl (C=O) groups is 1. The molecule has 5 rings (SSSR count). The number of halogens is 1. The predicted octanol–water partition coefficient (Wildman–Crippen LogP) is 6.72. The lowest BCUT2D eigenvalue weighted by atomic mass is 10.0. The number of allylic oxidation sites excluding steroid dienone is 1. The Morgan fingerprint density at radius 3 is 2.72 bits per heavy atom. The standard InChI is InChI=1S/C27H22ClN5OS2/c1-2-14-33-25(23-9-5-7-19-6-3-4-8-22(19)23)31-32-27(33)35-17-24(34)30-26-29-16-21(36-26)15-18-10-12-20(28)13-11-18/h2-13,16H,1,14-15,17H2,(H,29,30,34). The molecule has 0 saturated heterocycles. The molecule has 0 saturated carbocycles. The Hall–Kier alpha value is -3.46. The molecule has 0 aliphatic rings. The van der Waals surface area contributed by atoms with Crippen LogP contribution in [0.4, 0.5) is 5.13 Å². The molecule has 9 heteroatoms. The van der Waals surface area contributed by atoms with Gasteiger partial charge in [-0.25, -0.2) is 4.98 Å². The van der Waals surface area contributed by atoms with Crippen molar-refractivity contribution in [3.05, 3.63) is 101 Å². The van der Waals surface area contributed by atoms with E-state index in [0.717, 1.165) is 39.0 Å². The molecule has 0 unspecified atom stereocenters. The smallest absolute Gasteiger partial charge is 0.236 e. The van der Waals surface area contributed by atoms with Gasteiger partial charge in [0, 0.05) is 34.6 Å². The van der Waals surface area contributed by atoms with Crippen molar-refractivity contribution in [3.8, 4) is 11.4 Å². The minimum atomic E-state index is -0.146. The molecule has 0 atom stereocenters. The molecule has 0 radical (unpaired) electrons. The first-order valence-corrected chi connectivity index (χ1v) is 13.4. The number of thioether (sulfide) groups is 1. The molecule has 6 nitrogen and oxygen atoms in total. The summed E-state index contributed by atoms with van der Waals surface area (Å²) in [6, 6.07) is 22.0. The maximum absolute atomic E-state index is 12.7. The molecule has 0 spiro atoms. The third kappa shape index (κ3) is 5.51. The Bertz CT molecular complexity index is 1520. The van der Waals surface area contributed by atoms with Crippen LogP contribution in [0.1, 0.15) is 10.4 Å². The molecule has 0 aliphatic heterocycles. The van der Waals surface area contributed by atoms with Crippen molar-refractivity contribution < 1.29 is 4.79 Å². The van der Waals surface area contributed by atoms with Crippen LogP contribution in [0.25, 0.3) is 22.2 Å². The first kappa shape index (κ1) is 24.2. The highest BCUT2D eigenvalue weighted by molar-refractivity contribution is 7.99. The lowest BCUT2D eigenvalue weighted by molar-refractivity contribution is -0.113. The van der Waals surface area contributed by atoms with Crippen LogP contribution in [-0.4, -0.2) is 31.4 Å². The van der Waals surface area contributed by atoms with E-state index in [1.54, 1.807) is 12.3 Å². The van der Waals surface area contributed by atoms with Crippen LogP contribution in [0.15, 0.2) is 90.7 Å². The second-order valence-electron chi connectivity index (χ2n) is 8.00. The fourth-order valence-electron chi connectivity index (χ4n) is 3.84. The fourth-order valence-corrected chi connectivity index (χ4v) is 5.58. The van der Waals surface area contributed by atoms with Gasteiger partial charge in [-0.15, -0.1) is 28.1 Å². The Labute approximate surface area is 222 Å². The van der Waals surface area contributed by atoms with Gasteiger partial charge >= 0.3 is 0 Å². The Morgan fingerprint density at radius 2 is 1.89 bits per heavy atom. The average Bonchev–Trinajstić information content (AvgIpc) is 3.50. The Morgan fingerprint density at radius 1 is 1.08 bits per heavy atom. The summed E-state index contributed by atoms with van der Waals surface area (Å²) in [6.07, 6.45) is 4.33. The fraction of sp³-hybridized carbons (Fsp3) is 0.111. The van der Waals surface area contributed by atoms with Gasteiger partial charge in [0.2, 0.25) is 5.91 Å². The van der Waals surface area contributed by atoms with E-state index in [1.807, 2.05) is 53.1 Å². The molecule has 0 bridgehead atoms. The van der Waals surface area contributed by atoms with Crippen molar-refractivity contribution >= 4 is 56.5 Å². The number of nitrogens with one attached hydrogen (secondary N) is 1. The minimum absolute atomic E-state index is 0.146. The number of aromatic nitrogens is 4. The highest BCUT2D eigenvalue weighted by Crippen LogP contribution is 2.30. The Balaban J connectivity index is 1.26. The topological polar surface area (TPSA) is 72.7 Å². The number of carbonyl (C=O) groups excluding carboxylic acids is 1. The summed E-state index contributed by atoms with van der Waals surface area (Å²) < 4.78 is 1.99. The van der Waals surface area contributed by atoms with Crippen LogP contribution in [-0.2, 0) is 17.8 Å². The highest BCUT2D eigenvalue weighted by Gasteiger charge is 2.17. The lowest BCUT2D eigenvalue weighted by Gasteiger charge is -2.10. The summed E-state index contributed by atoms with van der Waals surface area (Å²) in [6.45, 7) is 4.42. The number of anilines is 1. The van der Waals surface area contributed by atoms with E-state index in [-0.39, 0.29) is 11.7 Å². The van der Waals surface area contributed by atoms with Crippen LogP contribution in [0.3, 0.4) is 0 Å². The number of fused-ring (bicyclic) bond motifs is 1. The van der Waals surface area contributed by atoms with Crippen LogP contribution >= 0.6 is 34.7 Å². The summed E-state index contributed by atoms with van der Waals surface area (Å²) in [5.74, 6) is 0.797. The van der Waals surface area contributed by atoms with Gasteiger partial charge in [-0.3, -0.25) is 9.36 Å². The number of hydrogen-bond donors (Lipinski definition) is 1. The normalized spacial score (nSPS) is 11.0. The summed E-state index contributed by atoms with van der Waals surface area (Å²) in [7, 11) is 0. The monoisotopic (exact) mass is 531 g/mol. The molecule has 5 aromatic rings. The van der Waals surface area contributed by atoms with E-state index >= 15 is 0 Å². The van der Waals surface area contributed by atoms with Gasteiger partial charge in [-0.1, -0.05) is 84.0 Å². The van der Waals surface area contributed by atoms with E-state index in [9.17, 15) is 4.79 Å². The first-order chi connectivity index (χ1) is 17.6. The van der Waals surface area contributed by atoms with Gasteiger partial charge in [0.05, 0.1) is 5.75 Å². The van der Waals surface area contributed by atoms with Gasteiger partial charge in [-0.05, 0) is 28.5 Å². The third-order valence-electron chi connectivity index (χ3n) is 5.48. The molecule has 2 aromatic heterocycles. The molecule has 3 aromatic carbocycles. The molecule has 0 aliphatic carbocycles. The molecule has 180 valence electrons. The van der Waals surface area contributed by atoms with Crippen molar-refractivity contribution in [1.82, 2.24) is 19.7 Å². The quantitative estimate of drug-likeness (QED) is 0.169. The summed E-state index contributed by atoms with van der Waals surface area (Å²) in [5.41, 5.74) is 2.13. The largest absolute Gasteiger partial charge is 0.301 e. The molecular formula is C27H22ClN5OS2. The maximum atomic E-state index is 12.7. The summed E-state index contributed by atoms with van der Waals surface area (Å²) >= 11 is 8.76. The molecule has 0 fully saturated rings.